The Kier molecular flexibility index (Phi) is 36.9. The van der Waals surface area contributed by atoms with Crippen LogP contribution in [0.2, 0.25) is 50.4 Å². The van der Waals surface area contributed by atoms with E-state index in [1.54, 1.807) is 130 Å². The van der Waals surface area contributed by atoms with Gasteiger partial charge in [0, 0.05) is 63.1 Å². The number of rotatable bonds is 38. The fourth-order valence-electron chi connectivity index (χ4n) is 8.81. The van der Waals surface area contributed by atoms with Crippen LogP contribution < -0.4 is 18.9 Å². The Balaban J connectivity index is 0.000000345. The molecule has 554 valence electrons. The van der Waals surface area contributed by atoms with Crippen molar-refractivity contribution in [2.75, 3.05) is 89.6 Å². The van der Waals surface area contributed by atoms with Crippen LogP contribution >= 0.6 is 0 Å². The molecular formula is C67H98F4O20S4Si4. The van der Waals surface area contributed by atoms with Gasteiger partial charge in [-0.15, -0.1) is 0 Å². The van der Waals surface area contributed by atoms with Crippen LogP contribution in [0.1, 0.15) is 53.5 Å². The molecule has 0 heterocycles. The molecule has 99 heavy (non-hydrogen) atoms. The molecule has 0 fully saturated rings. The van der Waals surface area contributed by atoms with Crippen molar-refractivity contribution in [2.24, 2.45) is 0 Å². The second-order valence-corrected chi connectivity index (χ2v) is 46.0. The molecular weight excluding hydrogens is 1440 g/mol. The largest absolute Gasteiger partial charge is 0.497 e. The van der Waals surface area contributed by atoms with E-state index in [0.29, 0.717) is 54.8 Å². The summed E-state index contributed by atoms with van der Waals surface area (Å²) in [5.41, 5.74) is -2.01. The Morgan fingerprint density at radius 2 is 0.576 bits per heavy atom. The summed E-state index contributed by atoms with van der Waals surface area (Å²) in [5.74, 6) is 0.940. The predicted octanol–water partition coefficient (Wildman–Crippen LogP) is 13.7. The highest BCUT2D eigenvalue weighted by Crippen LogP contribution is 2.29. The van der Waals surface area contributed by atoms with E-state index in [2.05, 4.69) is 0 Å². The third kappa shape index (κ3) is 33.1. The van der Waals surface area contributed by atoms with Crippen LogP contribution in [-0.4, -0.2) is 163 Å². The molecule has 6 rings (SSSR count). The van der Waals surface area contributed by atoms with E-state index in [1.807, 2.05) is 57.4 Å². The lowest BCUT2D eigenvalue weighted by Gasteiger charge is -2.22. The summed E-state index contributed by atoms with van der Waals surface area (Å²) in [7, 11) is -10.1. The van der Waals surface area contributed by atoms with E-state index in [1.165, 1.54) is 42.7 Å². The molecule has 0 saturated carbocycles. The summed E-state index contributed by atoms with van der Waals surface area (Å²) in [6.07, 6.45) is 4.44. The highest BCUT2D eigenvalue weighted by atomic mass is 32.2. The standard InChI is InChI=1S/C20H28O5SSi.C19H25FO5SSi.C14H21F3O5SSi.C14H24O5SSi/c1-17-6-12-20(13-7-17)26(21,22)16-18-8-10-19(11-9-18)25-14-5-15-27(4,23-2)24-3;1-23-27(3,24-2)14-4-13-25-18-9-5-16(6-10-18)15-26(21,22)19-11-7-17(20)8-12-19;1-20-24(3,21-2)10-4-9-22-13-7-5-12(6-8-13)11-23(18,19)14(15,16)17;1-17-21(4,18-2)11-5-10-19-14-8-6-13(7-9-14)12-20(3,15)16/h6-13H,5,14-16H2,1-4H3;5-12H,4,13-15H2,1-3H3;5-8H,4,9-11H2,1-3H3;6-9H,5,10-12H2,1-4H3. The maximum Gasteiger partial charge on any atom is 0.497 e. The van der Waals surface area contributed by atoms with Gasteiger partial charge in [0.05, 0.1) is 59.2 Å². The second kappa shape index (κ2) is 41.6. The highest BCUT2D eigenvalue weighted by Gasteiger charge is 2.45. The van der Waals surface area contributed by atoms with Gasteiger partial charge in [0.1, 0.15) is 28.8 Å². The van der Waals surface area contributed by atoms with Gasteiger partial charge >= 0.3 is 39.8 Å². The summed E-state index contributed by atoms with van der Waals surface area (Å²) < 4.78 is 210. The molecule has 0 aromatic heterocycles. The van der Waals surface area contributed by atoms with Gasteiger partial charge in [0.15, 0.2) is 29.5 Å². The first kappa shape index (κ1) is 87.8. The van der Waals surface area contributed by atoms with Crippen molar-refractivity contribution in [2.45, 2.75) is 121 Å². The lowest BCUT2D eigenvalue weighted by atomic mass is 10.2. The molecule has 0 bridgehead atoms. The summed E-state index contributed by atoms with van der Waals surface area (Å²) in [5, 5.41) is 0. The molecule has 0 aliphatic rings. The Hall–Kier alpha value is -5.41. The number of ether oxygens (including phenoxy) is 4. The van der Waals surface area contributed by atoms with Gasteiger partial charge < -0.3 is 54.4 Å². The number of hydrogen-bond acceptors (Lipinski definition) is 20. The Morgan fingerprint density at radius 1 is 0.343 bits per heavy atom. The highest BCUT2D eigenvalue weighted by molar-refractivity contribution is 7.91. The van der Waals surface area contributed by atoms with Gasteiger partial charge in [-0.3, -0.25) is 0 Å². The zero-order valence-corrected chi connectivity index (χ0v) is 66.2. The zero-order valence-electron chi connectivity index (χ0n) is 59.0. The second-order valence-electron chi connectivity index (χ2n) is 23.6. The fourth-order valence-corrected chi connectivity index (χ4v) is 18.5. The zero-order chi connectivity index (χ0) is 74.2. The van der Waals surface area contributed by atoms with Crippen molar-refractivity contribution in [1.29, 1.82) is 0 Å². The maximum atomic E-state index is 13.0. The minimum atomic E-state index is -5.25. The molecule has 0 aliphatic carbocycles. The third-order valence-corrected chi connectivity index (χ3v) is 33.4. The molecule has 0 N–H and O–H groups in total. The van der Waals surface area contributed by atoms with Crippen molar-refractivity contribution < 1.29 is 106 Å². The van der Waals surface area contributed by atoms with Crippen LogP contribution in [0, 0.1) is 12.7 Å². The molecule has 0 amide bonds. The van der Waals surface area contributed by atoms with Gasteiger partial charge in [-0.2, -0.15) is 13.2 Å². The summed E-state index contributed by atoms with van der Waals surface area (Å²) in [4.78, 5) is 0.449. The molecule has 20 nitrogen and oxygen atoms in total. The van der Waals surface area contributed by atoms with E-state index in [-0.39, 0.29) is 27.7 Å². The van der Waals surface area contributed by atoms with Crippen molar-refractivity contribution in [3.05, 3.63) is 179 Å². The quantitative estimate of drug-likeness (QED) is 0.0151. The van der Waals surface area contributed by atoms with Gasteiger partial charge in [-0.1, -0.05) is 66.2 Å². The molecule has 0 unspecified atom stereocenters. The van der Waals surface area contributed by atoms with Crippen molar-refractivity contribution >= 4 is 73.6 Å². The smallest absolute Gasteiger partial charge is 0.494 e. The molecule has 0 radical (unpaired) electrons. The minimum absolute atomic E-state index is 0.0258. The predicted molar refractivity (Wildman–Crippen MR) is 385 cm³/mol. The first-order valence-corrected chi connectivity index (χ1v) is 48.5. The fraction of sp³-hybridized carbons (Fsp3) is 0.463. The number of benzene rings is 6. The number of aryl methyl sites for hydroxylation is 1. The summed E-state index contributed by atoms with van der Waals surface area (Å²) in [6, 6.07) is 41.9. The molecule has 0 atom stereocenters. The number of halogens is 4. The van der Waals surface area contributed by atoms with E-state index in [9.17, 15) is 51.2 Å². The Morgan fingerprint density at radius 3 is 0.808 bits per heavy atom. The van der Waals surface area contributed by atoms with Crippen LogP contribution in [-0.2, 0) is 97.8 Å². The Bertz CT molecular complexity index is 3610. The number of hydrogen-bond donors (Lipinski definition) is 0. The molecule has 32 heteroatoms. The van der Waals surface area contributed by atoms with Crippen LogP contribution in [0.25, 0.3) is 0 Å². The lowest BCUT2D eigenvalue weighted by molar-refractivity contribution is -0.0437. The monoisotopic (exact) mass is 1540 g/mol. The van der Waals surface area contributed by atoms with Gasteiger partial charge in [-0.25, -0.2) is 38.1 Å². The van der Waals surface area contributed by atoms with Crippen molar-refractivity contribution in [3.63, 3.8) is 0 Å². The average molecular weight is 1540 g/mol. The first-order chi connectivity index (χ1) is 46.4. The normalized spacial score (nSPS) is 12.4. The maximum absolute atomic E-state index is 13.0. The topological polar surface area (TPSA) is 247 Å². The van der Waals surface area contributed by atoms with Gasteiger partial charge in [0.25, 0.3) is 9.84 Å². The summed E-state index contributed by atoms with van der Waals surface area (Å²) in [6.45, 7) is 12.0. The van der Waals surface area contributed by atoms with E-state index < -0.39 is 90.7 Å². The van der Waals surface area contributed by atoms with Crippen LogP contribution in [0.3, 0.4) is 0 Å². The number of sulfone groups is 4. The summed E-state index contributed by atoms with van der Waals surface area (Å²) >= 11 is 0. The molecule has 0 spiro atoms. The van der Waals surface area contributed by atoms with Crippen LogP contribution in [0.15, 0.2) is 155 Å². The van der Waals surface area contributed by atoms with Crippen molar-refractivity contribution in [1.82, 2.24) is 0 Å². The molecule has 6 aromatic rings. The van der Waals surface area contributed by atoms with Crippen LogP contribution in [0.4, 0.5) is 17.6 Å². The average Bonchev–Trinajstić information content (AvgIpc) is 0.838. The van der Waals surface area contributed by atoms with Crippen molar-refractivity contribution in [3.8, 4) is 23.0 Å². The van der Waals surface area contributed by atoms with E-state index in [4.69, 9.17) is 54.4 Å². The number of alkyl halides is 3. The van der Waals surface area contributed by atoms with E-state index in [0.717, 1.165) is 83.8 Å². The SMILES string of the molecule is CO[Si](C)(CCCOc1ccc(CS(=O)(=O)C(F)(F)F)cc1)OC.CO[Si](C)(CCCOc1ccc(CS(=O)(=O)c2ccc(C)cc2)cc1)OC.CO[Si](C)(CCCOc1ccc(CS(=O)(=O)c2ccc(F)cc2)cc1)OC.CO[Si](C)(CCCOc1ccc(CS(C)(=O)=O)cc1)OC. The van der Waals surface area contributed by atoms with Gasteiger partial charge in [-0.05, 0) is 190 Å². The van der Waals surface area contributed by atoms with E-state index >= 15 is 0 Å². The third-order valence-electron chi connectivity index (χ3n) is 15.7. The van der Waals surface area contributed by atoms with Crippen LogP contribution in [0.5, 0.6) is 23.0 Å². The first-order valence-electron chi connectivity index (χ1n) is 31.4. The molecule has 0 saturated heterocycles. The molecule has 6 aromatic carbocycles. The lowest BCUT2D eigenvalue weighted by Crippen LogP contribution is -2.36. The molecule has 0 aliphatic heterocycles. The minimum Gasteiger partial charge on any atom is -0.494 e. The van der Waals surface area contributed by atoms with Gasteiger partial charge in [0.2, 0.25) is 0 Å². The Labute approximate surface area is 588 Å².